The van der Waals surface area contributed by atoms with Gasteiger partial charge < -0.3 is 19.7 Å². The predicted molar refractivity (Wildman–Crippen MR) is 96.5 cm³/mol. The van der Waals surface area contributed by atoms with Crippen LogP contribution in [0, 0.1) is 0 Å². The van der Waals surface area contributed by atoms with Gasteiger partial charge in [0.25, 0.3) is 0 Å². The summed E-state index contributed by atoms with van der Waals surface area (Å²) in [7, 11) is 0. The molecule has 0 bridgehead atoms. The molecule has 1 N–H and O–H groups in total. The quantitative estimate of drug-likeness (QED) is 0.849. The molecule has 0 unspecified atom stereocenters. The molecule has 0 spiro atoms. The Labute approximate surface area is 150 Å². The first-order valence-electron chi connectivity index (χ1n) is 9.31. The van der Waals surface area contributed by atoms with Gasteiger partial charge in [-0.25, -0.2) is 4.79 Å². The van der Waals surface area contributed by atoms with Gasteiger partial charge in [-0.2, -0.15) is 0 Å². The molecule has 2 aliphatic rings. The summed E-state index contributed by atoms with van der Waals surface area (Å²) in [5.74, 6) is 0. The van der Waals surface area contributed by atoms with E-state index < -0.39 is 0 Å². The second-order valence-corrected chi connectivity index (χ2v) is 6.69. The molecule has 0 radical (unpaired) electrons. The summed E-state index contributed by atoms with van der Waals surface area (Å²) in [6.07, 6.45) is 1.83. The topological polar surface area (TPSA) is 54.0 Å². The van der Waals surface area contributed by atoms with Crippen LogP contribution in [0.15, 0.2) is 30.3 Å². The molecule has 2 heterocycles. The van der Waals surface area contributed by atoms with E-state index in [-0.39, 0.29) is 12.2 Å². The number of amides is 1. The number of nitrogens with zero attached hydrogens (tertiary/aromatic N) is 2. The highest BCUT2D eigenvalue weighted by atomic mass is 16.6. The van der Waals surface area contributed by atoms with Gasteiger partial charge in [-0.3, -0.25) is 4.90 Å². The second-order valence-electron chi connectivity index (χ2n) is 6.69. The summed E-state index contributed by atoms with van der Waals surface area (Å²) in [5.41, 5.74) is 1.02. The van der Waals surface area contributed by atoms with Crippen LogP contribution in [-0.4, -0.2) is 74.4 Å². The van der Waals surface area contributed by atoms with Gasteiger partial charge in [0.2, 0.25) is 0 Å². The molecular weight excluding hydrogens is 318 g/mol. The first-order valence-corrected chi connectivity index (χ1v) is 9.31. The van der Waals surface area contributed by atoms with Crippen molar-refractivity contribution in [2.24, 2.45) is 0 Å². The van der Waals surface area contributed by atoms with Crippen LogP contribution in [-0.2, 0) is 16.1 Å². The lowest BCUT2D eigenvalue weighted by Gasteiger charge is -2.32. The molecule has 6 heteroatoms. The van der Waals surface area contributed by atoms with Gasteiger partial charge in [-0.05, 0) is 18.4 Å². The molecule has 1 amide bonds. The molecule has 6 nitrogen and oxygen atoms in total. The van der Waals surface area contributed by atoms with Gasteiger partial charge in [0.1, 0.15) is 6.61 Å². The van der Waals surface area contributed by atoms with Crippen molar-refractivity contribution in [2.45, 2.75) is 25.6 Å². The number of piperidine rings is 1. The molecule has 2 aliphatic heterocycles. The lowest BCUT2D eigenvalue weighted by molar-refractivity contribution is -0.00396. The summed E-state index contributed by atoms with van der Waals surface area (Å²) in [4.78, 5) is 16.4. The minimum absolute atomic E-state index is 0.219. The highest BCUT2D eigenvalue weighted by Crippen LogP contribution is 2.15. The van der Waals surface area contributed by atoms with Crippen molar-refractivity contribution in [1.82, 2.24) is 15.1 Å². The van der Waals surface area contributed by atoms with Crippen molar-refractivity contribution in [1.29, 1.82) is 0 Å². The van der Waals surface area contributed by atoms with Crippen molar-refractivity contribution in [3.05, 3.63) is 35.9 Å². The van der Waals surface area contributed by atoms with Crippen molar-refractivity contribution < 1.29 is 14.3 Å². The van der Waals surface area contributed by atoms with Gasteiger partial charge in [0.15, 0.2) is 0 Å². The molecule has 1 aromatic carbocycles. The number of carbonyl (C=O) groups is 1. The Hall–Kier alpha value is -1.63. The Bertz CT molecular complexity index is 512. The largest absolute Gasteiger partial charge is 0.445 e. The number of carbonyl (C=O) groups excluding carboxylic acids is 1. The van der Waals surface area contributed by atoms with E-state index in [4.69, 9.17) is 9.47 Å². The second kappa shape index (κ2) is 9.75. The lowest BCUT2D eigenvalue weighted by atomic mass is 10.1. The van der Waals surface area contributed by atoms with Crippen LogP contribution in [0.25, 0.3) is 0 Å². The summed E-state index contributed by atoms with van der Waals surface area (Å²) in [6, 6.07) is 9.79. The molecular formula is C19H29N3O3. The fraction of sp³-hybridized carbons (Fsp3) is 0.632. The van der Waals surface area contributed by atoms with Gasteiger partial charge in [-0.15, -0.1) is 0 Å². The predicted octanol–water partition coefficient (Wildman–Crippen LogP) is 1.71. The zero-order chi connectivity index (χ0) is 17.3. The number of likely N-dealkylation sites (tertiary alicyclic amines) is 1. The van der Waals surface area contributed by atoms with Gasteiger partial charge in [0, 0.05) is 45.8 Å². The Morgan fingerprint density at radius 1 is 1.08 bits per heavy atom. The molecule has 0 aromatic heterocycles. The molecule has 0 saturated carbocycles. The Balaban J connectivity index is 1.29. The van der Waals surface area contributed by atoms with E-state index in [0.29, 0.717) is 19.7 Å². The summed E-state index contributed by atoms with van der Waals surface area (Å²) < 4.78 is 11.4. The Kier molecular flexibility index (Phi) is 7.09. The van der Waals surface area contributed by atoms with Crippen LogP contribution in [0.4, 0.5) is 4.79 Å². The van der Waals surface area contributed by atoms with E-state index >= 15 is 0 Å². The minimum atomic E-state index is -0.219. The molecule has 1 aromatic rings. The zero-order valence-electron chi connectivity index (χ0n) is 14.9. The summed E-state index contributed by atoms with van der Waals surface area (Å²) in [6.45, 7) is 7.90. The first kappa shape index (κ1) is 18.2. The standard InChI is InChI=1S/C19H29N3O3/c23-19(25-16-17-4-2-1-3-5-17)22-10-6-18(7-11-22)24-15-14-21-12-8-20-9-13-21/h1-5,18,20H,6-16H2. The number of rotatable bonds is 6. The highest BCUT2D eigenvalue weighted by Gasteiger charge is 2.24. The smallest absolute Gasteiger partial charge is 0.410 e. The Morgan fingerprint density at radius 2 is 1.80 bits per heavy atom. The van der Waals surface area contributed by atoms with E-state index in [1.807, 2.05) is 30.3 Å². The summed E-state index contributed by atoms with van der Waals surface area (Å²) in [5, 5.41) is 3.36. The zero-order valence-corrected chi connectivity index (χ0v) is 14.9. The third-order valence-corrected chi connectivity index (χ3v) is 4.88. The lowest BCUT2D eigenvalue weighted by Crippen LogP contribution is -2.45. The number of hydrogen-bond donors (Lipinski definition) is 1. The van der Waals surface area contributed by atoms with Crippen molar-refractivity contribution >= 4 is 6.09 Å². The number of ether oxygens (including phenoxy) is 2. The van der Waals surface area contributed by atoms with Crippen LogP contribution < -0.4 is 5.32 Å². The van der Waals surface area contributed by atoms with E-state index in [1.165, 1.54) is 0 Å². The van der Waals surface area contributed by atoms with Crippen LogP contribution in [0.1, 0.15) is 18.4 Å². The van der Waals surface area contributed by atoms with Crippen molar-refractivity contribution in [3.8, 4) is 0 Å². The average molecular weight is 347 g/mol. The van der Waals surface area contributed by atoms with Crippen molar-refractivity contribution in [2.75, 3.05) is 52.4 Å². The molecule has 25 heavy (non-hydrogen) atoms. The van der Waals surface area contributed by atoms with E-state index in [1.54, 1.807) is 4.90 Å². The highest BCUT2D eigenvalue weighted by molar-refractivity contribution is 5.67. The van der Waals surface area contributed by atoms with Crippen LogP contribution in [0.2, 0.25) is 0 Å². The Morgan fingerprint density at radius 3 is 2.52 bits per heavy atom. The number of piperazine rings is 1. The summed E-state index contributed by atoms with van der Waals surface area (Å²) >= 11 is 0. The molecule has 138 valence electrons. The normalized spacial score (nSPS) is 19.8. The third kappa shape index (κ3) is 5.99. The minimum Gasteiger partial charge on any atom is -0.445 e. The molecule has 3 rings (SSSR count). The fourth-order valence-corrected chi connectivity index (χ4v) is 3.30. The van der Waals surface area contributed by atoms with E-state index in [0.717, 1.165) is 57.7 Å². The van der Waals surface area contributed by atoms with E-state index in [9.17, 15) is 4.79 Å². The van der Waals surface area contributed by atoms with Crippen LogP contribution in [0.5, 0.6) is 0 Å². The maximum absolute atomic E-state index is 12.1. The molecule has 0 aliphatic carbocycles. The monoisotopic (exact) mass is 347 g/mol. The average Bonchev–Trinajstić information content (AvgIpc) is 2.68. The SMILES string of the molecule is O=C(OCc1ccccc1)N1CCC(OCCN2CCNCC2)CC1. The van der Waals surface area contributed by atoms with Gasteiger partial charge in [-0.1, -0.05) is 30.3 Å². The van der Waals surface area contributed by atoms with Crippen LogP contribution in [0.3, 0.4) is 0 Å². The maximum Gasteiger partial charge on any atom is 0.410 e. The van der Waals surface area contributed by atoms with Crippen LogP contribution >= 0.6 is 0 Å². The van der Waals surface area contributed by atoms with Gasteiger partial charge >= 0.3 is 6.09 Å². The maximum atomic E-state index is 12.1. The number of nitrogens with one attached hydrogen (secondary N) is 1. The fourth-order valence-electron chi connectivity index (χ4n) is 3.30. The molecule has 0 atom stereocenters. The number of hydrogen-bond acceptors (Lipinski definition) is 5. The first-order chi connectivity index (χ1) is 12.3. The number of benzene rings is 1. The molecule has 2 fully saturated rings. The van der Waals surface area contributed by atoms with Crippen molar-refractivity contribution in [3.63, 3.8) is 0 Å². The van der Waals surface area contributed by atoms with E-state index in [2.05, 4.69) is 10.2 Å². The molecule has 2 saturated heterocycles. The van der Waals surface area contributed by atoms with Gasteiger partial charge in [0.05, 0.1) is 12.7 Å². The third-order valence-electron chi connectivity index (χ3n) is 4.88.